The van der Waals surface area contributed by atoms with Gasteiger partial charge >= 0.3 is 0 Å². The van der Waals surface area contributed by atoms with Crippen molar-refractivity contribution in [2.75, 3.05) is 5.75 Å². The van der Waals surface area contributed by atoms with E-state index in [1.165, 1.54) is 11.8 Å². The van der Waals surface area contributed by atoms with Gasteiger partial charge in [-0.1, -0.05) is 36.9 Å². The molecular weight excluding hydrogens is 280 g/mol. The second kappa shape index (κ2) is 7.70. The Morgan fingerprint density at radius 1 is 1.10 bits per heavy atom. The third-order valence-corrected chi connectivity index (χ3v) is 3.77. The van der Waals surface area contributed by atoms with Gasteiger partial charge in [-0.05, 0) is 41.7 Å². The highest BCUT2D eigenvalue weighted by atomic mass is 32.2. The normalized spacial score (nSPS) is 10.1. The number of rotatable bonds is 7. The van der Waals surface area contributed by atoms with Crippen LogP contribution in [-0.4, -0.2) is 11.5 Å². The quantitative estimate of drug-likeness (QED) is 0.692. The average Bonchev–Trinajstić information content (AvgIpc) is 2.52. The van der Waals surface area contributed by atoms with Crippen molar-refractivity contribution in [2.24, 2.45) is 0 Å². The summed E-state index contributed by atoms with van der Waals surface area (Å²) in [7, 11) is 0. The minimum atomic E-state index is 0.109. The summed E-state index contributed by atoms with van der Waals surface area (Å²) < 4.78 is 5.69. The van der Waals surface area contributed by atoms with Crippen molar-refractivity contribution in [1.82, 2.24) is 0 Å². The van der Waals surface area contributed by atoms with Crippen molar-refractivity contribution in [2.45, 2.75) is 13.5 Å². The molecule has 2 aromatic rings. The van der Waals surface area contributed by atoms with E-state index in [2.05, 4.69) is 6.58 Å². The first-order chi connectivity index (χ1) is 10.1. The molecule has 0 saturated carbocycles. The van der Waals surface area contributed by atoms with Crippen LogP contribution >= 0.6 is 11.8 Å². The second-order valence-electron chi connectivity index (χ2n) is 4.71. The maximum atomic E-state index is 11.9. The molecule has 0 amide bonds. The lowest BCUT2D eigenvalue weighted by Gasteiger charge is -2.07. The van der Waals surface area contributed by atoms with Crippen LogP contribution in [0.4, 0.5) is 0 Å². The molecular formula is C18H18O2S. The van der Waals surface area contributed by atoms with Crippen LogP contribution in [0.25, 0.3) is 0 Å². The van der Waals surface area contributed by atoms with E-state index in [0.29, 0.717) is 17.9 Å². The van der Waals surface area contributed by atoms with Crippen molar-refractivity contribution >= 4 is 17.5 Å². The molecule has 2 rings (SSSR count). The van der Waals surface area contributed by atoms with Crippen LogP contribution in [0.5, 0.6) is 5.75 Å². The summed E-state index contributed by atoms with van der Waals surface area (Å²) in [6.45, 7) is 6.21. The Bertz CT molecular complexity index is 603. The Labute approximate surface area is 129 Å². The van der Waals surface area contributed by atoms with Crippen LogP contribution in [0.3, 0.4) is 0 Å². The molecule has 0 aliphatic heterocycles. The summed E-state index contributed by atoms with van der Waals surface area (Å²) in [4.78, 5) is 12.9. The summed E-state index contributed by atoms with van der Waals surface area (Å²) >= 11 is 1.47. The summed E-state index contributed by atoms with van der Waals surface area (Å²) in [5, 5.41) is 0. The monoisotopic (exact) mass is 298 g/mol. The molecule has 0 bridgehead atoms. The minimum absolute atomic E-state index is 0.109. The number of hydrogen-bond acceptors (Lipinski definition) is 3. The standard InChI is InChI=1S/C18H18O2S/c1-14(2)21-13-18(19)16-8-10-17(11-9-16)20-12-15-6-4-3-5-7-15/h3-11H,1,12-13H2,2H3. The van der Waals surface area contributed by atoms with Crippen molar-refractivity contribution < 1.29 is 9.53 Å². The van der Waals surface area contributed by atoms with Crippen molar-refractivity contribution in [1.29, 1.82) is 0 Å². The van der Waals surface area contributed by atoms with Gasteiger partial charge in [-0.3, -0.25) is 4.79 Å². The fraction of sp³-hybridized carbons (Fsp3) is 0.167. The number of hydrogen-bond donors (Lipinski definition) is 0. The fourth-order valence-electron chi connectivity index (χ4n) is 1.75. The smallest absolute Gasteiger partial charge is 0.173 e. The molecule has 0 aliphatic rings. The molecule has 0 spiro atoms. The fourth-order valence-corrected chi connectivity index (χ4v) is 2.29. The molecule has 3 heteroatoms. The van der Waals surface area contributed by atoms with Gasteiger partial charge < -0.3 is 4.74 Å². The number of carbonyl (C=O) groups is 1. The number of ether oxygens (including phenoxy) is 1. The zero-order valence-electron chi connectivity index (χ0n) is 12.0. The molecule has 108 valence electrons. The van der Waals surface area contributed by atoms with E-state index in [0.717, 1.165) is 16.2 Å². The Morgan fingerprint density at radius 2 is 1.76 bits per heavy atom. The lowest BCUT2D eigenvalue weighted by Crippen LogP contribution is -2.02. The minimum Gasteiger partial charge on any atom is -0.489 e. The van der Waals surface area contributed by atoms with Crippen LogP contribution in [0, 0.1) is 0 Å². The molecule has 0 radical (unpaired) electrons. The largest absolute Gasteiger partial charge is 0.489 e. The van der Waals surface area contributed by atoms with E-state index < -0.39 is 0 Å². The molecule has 0 N–H and O–H groups in total. The van der Waals surface area contributed by atoms with E-state index in [9.17, 15) is 4.79 Å². The summed E-state index contributed by atoms with van der Waals surface area (Å²) in [5.41, 5.74) is 1.83. The number of carbonyl (C=O) groups excluding carboxylic acids is 1. The zero-order valence-corrected chi connectivity index (χ0v) is 12.9. The molecule has 0 aliphatic carbocycles. The predicted octanol–water partition coefficient (Wildman–Crippen LogP) is 4.72. The van der Waals surface area contributed by atoms with E-state index in [1.807, 2.05) is 61.5 Å². The van der Waals surface area contributed by atoms with Crippen LogP contribution in [0.2, 0.25) is 0 Å². The highest BCUT2D eigenvalue weighted by Crippen LogP contribution is 2.18. The van der Waals surface area contributed by atoms with Gasteiger partial charge in [0.05, 0.1) is 5.75 Å². The Kier molecular flexibility index (Phi) is 5.64. The van der Waals surface area contributed by atoms with Crippen molar-refractivity contribution in [3.05, 3.63) is 77.2 Å². The molecule has 0 heterocycles. The zero-order chi connectivity index (χ0) is 15.1. The molecule has 2 nitrogen and oxygen atoms in total. The maximum absolute atomic E-state index is 11.9. The van der Waals surface area contributed by atoms with Crippen molar-refractivity contribution in [3.8, 4) is 5.75 Å². The SMILES string of the molecule is C=C(C)SCC(=O)c1ccc(OCc2ccccc2)cc1. The molecule has 0 atom stereocenters. The maximum Gasteiger partial charge on any atom is 0.173 e. The average molecular weight is 298 g/mol. The molecule has 2 aromatic carbocycles. The third-order valence-electron chi connectivity index (χ3n) is 2.87. The number of benzene rings is 2. The van der Waals surface area contributed by atoms with E-state index >= 15 is 0 Å². The van der Waals surface area contributed by atoms with Gasteiger partial charge in [0, 0.05) is 5.56 Å². The van der Waals surface area contributed by atoms with Crippen LogP contribution < -0.4 is 4.74 Å². The molecule has 0 saturated heterocycles. The van der Waals surface area contributed by atoms with Gasteiger partial charge in [0.2, 0.25) is 0 Å². The molecule has 0 fully saturated rings. The van der Waals surface area contributed by atoms with Crippen LogP contribution in [0.1, 0.15) is 22.8 Å². The topological polar surface area (TPSA) is 26.3 Å². The molecule has 0 unspecified atom stereocenters. The van der Waals surface area contributed by atoms with Gasteiger partial charge in [-0.25, -0.2) is 0 Å². The number of allylic oxidation sites excluding steroid dienone is 1. The highest BCUT2D eigenvalue weighted by Gasteiger charge is 2.06. The van der Waals surface area contributed by atoms with Crippen LogP contribution in [-0.2, 0) is 6.61 Å². The summed E-state index contributed by atoms with van der Waals surface area (Å²) in [6.07, 6.45) is 0. The first-order valence-electron chi connectivity index (χ1n) is 6.73. The first kappa shape index (κ1) is 15.4. The second-order valence-corrected chi connectivity index (χ2v) is 5.99. The lowest BCUT2D eigenvalue weighted by atomic mass is 10.1. The highest BCUT2D eigenvalue weighted by molar-refractivity contribution is 8.03. The molecule has 21 heavy (non-hydrogen) atoms. The van der Waals surface area contributed by atoms with Gasteiger partial charge in [-0.15, -0.1) is 11.8 Å². The summed E-state index contributed by atoms with van der Waals surface area (Å²) in [5.74, 6) is 1.31. The predicted molar refractivity (Wildman–Crippen MR) is 88.8 cm³/mol. The van der Waals surface area contributed by atoms with E-state index in [4.69, 9.17) is 4.74 Å². The van der Waals surface area contributed by atoms with Crippen LogP contribution in [0.15, 0.2) is 66.1 Å². The Morgan fingerprint density at radius 3 is 2.38 bits per heavy atom. The van der Waals surface area contributed by atoms with Gasteiger partial charge in [0.1, 0.15) is 12.4 Å². The Hall–Kier alpha value is -2.00. The number of thioether (sulfide) groups is 1. The summed E-state index contributed by atoms with van der Waals surface area (Å²) in [6, 6.07) is 17.3. The van der Waals surface area contributed by atoms with E-state index in [1.54, 1.807) is 0 Å². The lowest BCUT2D eigenvalue weighted by molar-refractivity contribution is 0.102. The number of Topliss-reactive ketones (excluding diaryl/α,β-unsaturated/α-hetero) is 1. The third kappa shape index (κ3) is 5.12. The van der Waals surface area contributed by atoms with Gasteiger partial charge in [0.25, 0.3) is 0 Å². The van der Waals surface area contributed by atoms with E-state index in [-0.39, 0.29) is 5.78 Å². The van der Waals surface area contributed by atoms with Gasteiger partial charge in [-0.2, -0.15) is 0 Å². The van der Waals surface area contributed by atoms with Gasteiger partial charge in [0.15, 0.2) is 5.78 Å². The van der Waals surface area contributed by atoms with Crippen molar-refractivity contribution in [3.63, 3.8) is 0 Å². The number of ketones is 1. The Balaban J connectivity index is 1.89. The molecule has 0 aromatic heterocycles. The first-order valence-corrected chi connectivity index (χ1v) is 7.72.